The topological polar surface area (TPSA) is 52.9 Å². The molecule has 0 heterocycles. The predicted molar refractivity (Wildman–Crippen MR) is 76.5 cm³/mol. The summed E-state index contributed by atoms with van der Waals surface area (Å²) in [7, 11) is 0.191. The first kappa shape index (κ1) is 14.4. The minimum absolute atomic E-state index is 0.565. The lowest BCUT2D eigenvalue weighted by Crippen LogP contribution is -2.36. The van der Waals surface area contributed by atoms with Gasteiger partial charge in [0.1, 0.15) is 5.75 Å². The SMILES string of the molecule is CCN(Cc1cc(OC)ccc1B(O)O)CC1CC1. The Bertz CT molecular complexity index is 421. The van der Waals surface area contributed by atoms with Crippen molar-refractivity contribution in [2.24, 2.45) is 5.92 Å². The summed E-state index contributed by atoms with van der Waals surface area (Å²) in [5, 5.41) is 18.9. The summed E-state index contributed by atoms with van der Waals surface area (Å²) < 4.78 is 5.22. The molecule has 0 aliphatic heterocycles. The van der Waals surface area contributed by atoms with Crippen LogP contribution in [0.5, 0.6) is 5.75 Å². The number of hydrogen-bond donors (Lipinski definition) is 2. The van der Waals surface area contributed by atoms with E-state index in [1.165, 1.54) is 12.8 Å². The van der Waals surface area contributed by atoms with Gasteiger partial charge in [0.15, 0.2) is 0 Å². The number of methoxy groups -OCH3 is 1. The van der Waals surface area contributed by atoms with E-state index in [-0.39, 0.29) is 0 Å². The maximum Gasteiger partial charge on any atom is 0.488 e. The molecular weight excluding hydrogens is 241 g/mol. The highest BCUT2D eigenvalue weighted by Crippen LogP contribution is 2.30. The second kappa shape index (κ2) is 6.41. The molecule has 0 aromatic heterocycles. The van der Waals surface area contributed by atoms with Crippen molar-refractivity contribution in [3.63, 3.8) is 0 Å². The van der Waals surface area contributed by atoms with Gasteiger partial charge in [-0.3, -0.25) is 4.90 Å². The molecule has 1 aromatic carbocycles. The predicted octanol–water partition coefficient (Wildman–Crippen LogP) is 0.607. The van der Waals surface area contributed by atoms with E-state index in [0.29, 0.717) is 5.46 Å². The monoisotopic (exact) mass is 263 g/mol. The molecule has 0 amide bonds. The van der Waals surface area contributed by atoms with Crippen LogP contribution in [0.25, 0.3) is 0 Å². The Labute approximate surface area is 115 Å². The first-order valence-corrected chi connectivity index (χ1v) is 6.89. The fourth-order valence-corrected chi connectivity index (χ4v) is 2.31. The molecular formula is C14H22BNO3. The average Bonchev–Trinajstić information content (AvgIpc) is 3.21. The Morgan fingerprint density at radius 1 is 1.37 bits per heavy atom. The van der Waals surface area contributed by atoms with Gasteiger partial charge in [-0.1, -0.05) is 13.0 Å². The van der Waals surface area contributed by atoms with Gasteiger partial charge in [-0.2, -0.15) is 0 Å². The zero-order valence-electron chi connectivity index (χ0n) is 11.7. The van der Waals surface area contributed by atoms with E-state index in [2.05, 4.69) is 11.8 Å². The van der Waals surface area contributed by atoms with Crippen LogP contribution < -0.4 is 10.2 Å². The summed E-state index contributed by atoms with van der Waals surface area (Å²) in [4.78, 5) is 2.35. The molecule has 0 atom stereocenters. The van der Waals surface area contributed by atoms with Crippen LogP contribution in [-0.2, 0) is 6.54 Å². The van der Waals surface area contributed by atoms with Crippen LogP contribution in [0.4, 0.5) is 0 Å². The number of rotatable bonds is 7. The molecule has 1 fully saturated rings. The first-order chi connectivity index (χ1) is 9.13. The highest BCUT2D eigenvalue weighted by atomic mass is 16.5. The summed E-state index contributed by atoms with van der Waals surface area (Å²) in [5.74, 6) is 1.58. The van der Waals surface area contributed by atoms with Crippen molar-refractivity contribution in [3.8, 4) is 5.75 Å². The molecule has 0 radical (unpaired) electrons. The zero-order valence-corrected chi connectivity index (χ0v) is 11.7. The van der Waals surface area contributed by atoms with Gasteiger partial charge in [-0.05, 0) is 48.5 Å². The maximum absolute atomic E-state index is 9.44. The molecule has 1 saturated carbocycles. The molecule has 1 aliphatic carbocycles. The van der Waals surface area contributed by atoms with E-state index in [4.69, 9.17) is 4.74 Å². The fourth-order valence-electron chi connectivity index (χ4n) is 2.31. The van der Waals surface area contributed by atoms with Crippen molar-refractivity contribution in [1.29, 1.82) is 0 Å². The Kier molecular flexibility index (Phi) is 4.85. The first-order valence-electron chi connectivity index (χ1n) is 6.89. The summed E-state index contributed by atoms with van der Waals surface area (Å²) in [6, 6.07) is 5.38. The Hall–Kier alpha value is -1.04. The van der Waals surface area contributed by atoms with Crippen molar-refractivity contribution >= 4 is 12.6 Å². The van der Waals surface area contributed by atoms with Crippen molar-refractivity contribution in [1.82, 2.24) is 4.90 Å². The van der Waals surface area contributed by atoms with Gasteiger partial charge >= 0.3 is 7.12 Å². The smallest absolute Gasteiger partial charge is 0.488 e. The van der Waals surface area contributed by atoms with Crippen molar-refractivity contribution in [2.45, 2.75) is 26.3 Å². The van der Waals surface area contributed by atoms with Gasteiger partial charge in [0.05, 0.1) is 7.11 Å². The van der Waals surface area contributed by atoms with Gasteiger partial charge in [0.25, 0.3) is 0 Å². The minimum Gasteiger partial charge on any atom is -0.497 e. The van der Waals surface area contributed by atoms with Crippen LogP contribution in [0.2, 0.25) is 0 Å². The Morgan fingerprint density at radius 2 is 2.11 bits per heavy atom. The van der Waals surface area contributed by atoms with Gasteiger partial charge in [-0.25, -0.2) is 0 Å². The molecule has 0 saturated heterocycles. The third-order valence-electron chi connectivity index (χ3n) is 3.68. The van der Waals surface area contributed by atoms with Gasteiger partial charge in [0, 0.05) is 13.1 Å². The zero-order chi connectivity index (χ0) is 13.8. The quantitative estimate of drug-likeness (QED) is 0.708. The number of hydrogen-bond acceptors (Lipinski definition) is 4. The molecule has 2 rings (SSSR count). The standard InChI is InChI=1S/C14H22BNO3/c1-3-16(9-11-4-5-11)10-12-8-13(19-2)6-7-14(12)15(17)18/h6-8,11,17-18H,3-5,9-10H2,1-2H3. The highest BCUT2D eigenvalue weighted by Gasteiger charge is 2.25. The Morgan fingerprint density at radius 3 is 2.63 bits per heavy atom. The van der Waals surface area contributed by atoms with E-state index >= 15 is 0 Å². The molecule has 0 unspecified atom stereocenters. The van der Waals surface area contributed by atoms with Crippen LogP contribution in [0, 0.1) is 5.92 Å². The third-order valence-corrected chi connectivity index (χ3v) is 3.68. The fraction of sp³-hybridized carbons (Fsp3) is 0.571. The van der Waals surface area contributed by atoms with Gasteiger partial charge < -0.3 is 14.8 Å². The second-order valence-corrected chi connectivity index (χ2v) is 5.21. The summed E-state index contributed by atoms with van der Waals surface area (Å²) in [6.45, 7) is 4.93. The lowest BCUT2D eigenvalue weighted by atomic mass is 9.77. The number of ether oxygens (including phenoxy) is 1. The Balaban J connectivity index is 2.14. The van der Waals surface area contributed by atoms with Gasteiger partial charge in [0.2, 0.25) is 0 Å². The molecule has 2 N–H and O–H groups in total. The lowest BCUT2D eigenvalue weighted by Gasteiger charge is -2.22. The molecule has 4 nitrogen and oxygen atoms in total. The van der Waals surface area contributed by atoms with Crippen LogP contribution in [0.3, 0.4) is 0 Å². The minimum atomic E-state index is -1.43. The van der Waals surface area contributed by atoms with E-state index in [9.17, 15) is 10.0 Å². The molecule has 0 spiro atoms. The molecule has 19 heavy (non-hydrogen) atoms. The van der Waals surface area contributed by atoms with E-state index in [0.717, 1.165) is 36.9 Å². The number of nitrogens with zero attached hydrogens (tertiary/aromatic N) is 1. The van der Waals surface area contributed by atoms with Crippen LogP contribution in [0.1, 0.15) is 25.3 Å². The maximum atomic E-state index is 9.44. The molecule has 1 aliphatic rings. The summed E-state index contributed by atoms with van der Waals surface area (Å²) >= 11 is 0. The average molecular weight is 263 g/mol. The molecule has 0 bridgehead atoms. The van der Waals surface area contributed by atoms with E-state index < -0.39 is 7.12 Å². The highest BCUT2D eigenvalue weighted by molar-refractivity contribution is 6.59. The lowest BCUT2D eigenvalue weighted by molar-refractivity contribution is 0.268. The normalized spacial score (nSPS) is 14.8. The molecule has 5 heteroatoms. The van der Waals surface area contributed by atoms with Crippen molar-refractivity contribution in [3.05, 3.63) is 23.8 Å². The number of benzene rings is 1. The summed E-state index contributed by atoms with van der Waals surface area (Å²) in [5.41, 5.74) is 1.49. The molecule has 1 aromatic rings. The third kappa shape index (κ3) is 3.96. The van der Waals surface area contributed by atoms with E-state index in [1.807, 2.05) is 6.07 Å². The second-order valence-electron chi connectivity index (χ2n) is 5.21. The van der Waals surface area contributed by atoms with Crippen LogP contribution in [-0.4, -0.2) is 42.3 Å². The van der Waals surface area contributed by atoms with Crippen LogP contribution in [0.15, 0.2) is 18.2 Å². The van der Waals surface area contributed by atoms with Crippen LogP contribution >= 0.6 is 0 Å². The van der Waals surface area contributed by atoms with Crippen molar-refractivity contribution in [2.75, 3.05) is 20.2 Å². The molecule has 104 valence electrons. The van der Waals surface area contributed by atoms with Crippen molar-refractivity contribution < 1.29 is 14.8 Å². The van der Waals surface area contributed by atoms with Gasteiger partial charge in [-0.15, -0.1) is 0 Å². The summed E-state index contributed by atoms with van der Waals surface area (Å²) in [6.07, 6.45) is 2.65. The van der Waals surface area contributed by atoms with E-state index in [1.54, 1.807) is 19.2 Å². The largest absolute Gasteiger partial charge is 0.497 e.